The van der Waals surface area contributed by atoms with E-state index in [0.29, 0.717) is 54.0 Å². The number of hydrogen-bond donors (Lipinski definition) is 0. The van der Waals surface area contributed by atoms with Crippen LogP contribution in [0.5, 0.6) is 11.5 Å². The molecule has 3 rings (SSSR count). The highest BCUT2D eigenvalue weighted by Gasteiger charge is 2.28. The summed E-state index contributed by atoms with van der Waals surface area (Å²) in [6.45, 7) is 8.03. The zero-order valence-corrected chi connectivity index (χ0v) is 18.3. The zero-order valence-electron chi connectivity index (χ0n) is 17.5. The normalized spacial score (nSPS) is 14.3. The summed E-state index contributed by atoms with van der Waals surface area (Å²) in [6.07, 6.45) is 0. The molecule has 0 spiro atoms. The number of aromatic nitrogens is 1. The summed E-state index contributed by atoms with van der Waals surface area (Å²) in [5.41, 5.74) is 1.33. The molecule has 2 amide bonds. The molecular weight excluding hydrogens is 390 g/mol. The van der Waals surface area contributed by atoms with Crippen LogP contribution in [0.1, 0.15) is 50.5 Å². The number of rotatable bonds is 5. The fourth-order valence-electron chi connectivity index (χ4n) is 3.27. The standard InChI is InChI=1S/C21H27N3O4S/c1-13(2)19-22-14(3)18(29-19)21(26)24-10-8-23(9-11-24)20(25)15-6-7-16(27-4)17(12-15)28-5/h6-7,12-13H,8-11H2,1-5H3. The molecule has 0 atom stereocenters. The van der Waals surface area contributed by atoms with Crippen LogP contribution in [0.25, 0.3) is 0 Å². The number of benzene rings is 1. The van der Waals surface area contributed by atoms with E-state index >= 15 is 0 Å². The second-order valence-electron chi connectivity index (χ2n) is 7.28. The summed E-state index contributed by atoms with van der Waals surface area (Å²) in [6, 6.07) is 5.15. The molecule has 1 aromatic heterocycles. The quantitative estimate of drug-likeness (QED) is 0.747. The van der Waals surface area contributed by atoms with E-state index in [9.17, 15) is 9.59 Å². The lowest BCUT2D eigenvalue weighted by molar-refractivity contribution is 0.0537. The monoisotopic (exact) mass is 417 g/mol. The van der Waals surface area contributed by atoms with E-state index in [4.69, 9.17) is 9.47 Å². The Kier molecular flexibility index (Phi) is 6.42. The lowest BCUT2D eigenvalue weighted by atomic mass is 10.1. The first-order valence-electron chi connectivity index (χ1n) is 9.63. The van der Waals surface area contributed by atoms with Crippen molar-refractivity contribution in [2.45, 2.75) is 26.7 Å². The van der Waals surface area contributed by atoms with Gasteiger partial charge < -0.3 is 19.3 Å². The fourth-order valence-corrected chi connectivity index (χ4v) is 4.31. The van der Waals surface area contributed by atoms with Gasteiger partial charge in [-0.25, -0.2) is 4.98 Å². The molecule has 1 fully saturated rings. The number of piperazine rings is 1. The molecule has 0 N–H and O–H groups in total. The van der Waals surface area contributed by atoms with Crippen molar-refractivity contribution in [1.82, 2.24) is 14.8 Å². The molecule has 1 aliphatic heterocycles. The summed E-state index contributed by atoms with van der Waals surface area (Å²) in [4.78, 5) is 34.6. The minimum absolute atomic E-state index is 0.00474. The molecule has 0 saturated carbocycles. The average Bonchev–Trinajstić information content (AvgIpc) is 3.14. The van der Waals surface area contributed by atoms with Gasteiger partial charge in [-0.1, -0.05) is 13.8 Å². The maximum atomic E-state index is 12.9. The van der Waals surface area contributed by atoms with Crippen LogP contribution < -0.4 is 9.47 Å². The first-order valence-corrected chi connectivity index (χ1v) is 10.4. The van der Waals surface area contributed by atoms with Crippen molar-refractivity contribution in [2.75, 3.05) is 40.4 Å². The number of carbonyl (C=O) groups is 2. The van der Waals surface area contributed by atoms with Crippen molar-refractivity contribution in [3.63, 3.8) is 0 Å². The largest absolute Gasteiger partial charge is 0.493 e. The Morgan fingerprint density at radius 2 is 1.59 bits per heavy atom. The SMILES string of the molecule is COc1ccc(C(=O)N2CCN(C(=O)c3sc(C(C)C)nc3C)CC2)cc1OC. The van der Waals surface area contributed by atoms with Crippen LogP contribution in [0.3, 0.4) is 0 Å². The second kappa shape index (κ2) is 8.82. The number of thiazole rings is 1. The van der Waals surface area contributed by atoms with E-state index in [2.05, 4.69) is 18.8 Å². The zero-order chi connectivity index (χ0) is 21.1. The average molecular weight is 418 g/mol. The van der Waals surface area contributed by atoms with E-state index in [1.165, 1.54) is 11.3 Å². The number of amides is 2. The molecule has 2 aromatic rings. The smallest absolute Gasteiger partial charge is 0.265 e. The van der Waals surface area contributed by atoms with Gasteiger partial charge in [0.05, 0.1) is 24.9 Å². The summed E-state index contributed by atoms with van der Waals surface area (Å²) >= 11 is 1.47. The lowest BCUT2D eigenvalue weighted by Crippen LogP contribution is -2.50. The van der Waals surface area contributed by atoms with Gasteiger partial charge in [0.25, 0.3) is 11.8 Å². The van der Waals surface area contributed by atoms with Crippen LogP contribution in [0.15, 0.2) is 18.2 Å². The molecule has 0 bridgehead atoms. The van der Waals surface area contributed by atoms with E-state index in [1.54, 1.807) is 37.3 Å². The van der Waals surface area contributed by atoms with Gasteiger partial charge in [-0.15, -0.1) is 11.3 Å². The van der Waals surface area contributed by atoms with Crippen LogP contribution in [0.4, 0.5) is 0 Å². The third-order valence-corrected chi connectivity index (χ3v) is 6.43. The molecule has 156 valence electrons. The second-order valence-corrected chi connectivity index (χ2v) is 8.31. The van der Waals surface area contributed by atoms with Gasteiger partial charge in [0, 0.05) is 37.7 Å². The van der Waals surface area contributed by atoms with Crippen LogP contribution in [-0.2, 0) is 0 Å². The van der Waals surface area contributed by atoms with Crippen LogP contribution in [-0.4, -0.2) is 67.0 Å². The van der Waals surface area contributed by atoms with Crippen LogP contribution in [0.2, 0.25) is 0 Å². The third-order valence-electron chi connectivity index (χ3n) is 4.99. The number of aryl methyl sites for hydroxylation is 1. The predicted octanol–water partition coefficient (Wildman–Crippen LogP) is 3.19. The van der Waals surface area contributed by atoms with Crippen LogP contribution in [0, 0.1) is 6.92 Å². The highest BCUT2D eigenvalue weighted by atomic mass is 32.1. The minimum atomic E-state index is -0.0749. The number of nitrogens with zero attached hydrogens (tertiary/aromatic N) is 3. The molecule has 0 aliphatic carbocycles. The topological polar surface area (TPSA) is 72.0 Å². The first-order chi connectivity index (χ1) is 13.8. The van der Waals surface area contributed by atoms with E-state index in [-0.39, 0.29) is 11.8 Å². The molecular formula is C21H27N3O4S. The van der Waals surface area contributed by atoms with Crippen molar-refractivity contribution >= 4 is 23.2 Å². The van der Waals surface area contributed by atoms with Crippen molar-refractivity contribution < 1.29 is 19.1 Å². The van der Waals surface area contributed by atoms with Gasteiger partial charge in [0.1, 0.15) is 4.88 Å². The Labute approximate surface area is 175 Å². The first kappa shape index (κ1) is 21.1. The van der Waals surface area contributed by atoms with Gasteiger partial charge in [-0.3, -0.25) is 9.59 Å². The van der Waals surface area contributed by atoms with Crippen molar-refractivity contribution in [1.29, 1.82) is 0 Å². The fraction of sp³-hybridized carbons (Fsp3) is 0.476. The molecule has 1 aliphatic rings. The summed E-state index contributed by atoms with van der Waals surface area (Å²) in [5, 5.41) is 0.980. The summed E-state index contributed by atoms with van der Waals surface area (Å²) < 4.78 is 10.5. The van der Waals surface area contributed by atoms with Gasteiger partial charge in [-0.05, 0) is 25.1 Å². The van der Waals surface area contributed by atoms with Gasteiger partial charge in [-0.2, -0.15) is 0 Å². The van der Waals surface area contributed by atoms with E-state index < -0.39 is 0 Å². The Hall–Kier alpha value is -2.61. The van der Waals surface area contributed by atoms with Gasteiger partial charge in [0.15, 0.2) is 11.5 Å². The molecule has 0 radical (unpaired) electrons. The summed E-state index contributed by atoms with van der Waals surface area (Å²) in [5.74, 6) is 1.34. The van der Waals surface area contributed by atoms with Gasteiger partial charge >= 0.3 is 0 Å². The maximum absolute atomic E-state index is 12.9. The maximum Gasteiger partial charge on any atom is 0.265 e. The minimum Gasteiger partial charge on any atom is -0.493 e. The number of ether oxygens (including phenoxy) is 2. The molecule has 1 saturated heterocycles. The Morgan fingerprint density at radius 1 is 1.00 bits per heavy atom. The molecule has 8 heteroatoms. The summed E-state index contributed by atoms with van der Waals surface area (Å²) in [7, 11) is 3.10. The number of hydrogen-bond acceptors (Lipinski definition) is 6. The molecule has 1 aromatic carbocycles. The van der Waals surface area contributed by atoms with Crippen molar-refractivity contribution in [3.05, 3.63) is 39.3 Å². The molecule has 7 nitrogen and oxygen atoms in total. The van der Waals surface area contributed by atoms with Gasteiger partial charge in [0.2, 0.25) is 0 Å². The highest BCUT2D eigenvalue weighted by Crippen LogP contribution is 2.29. The molecule has 0 unspecified atom stereocenters. The van der Waals surface area contributed by atoms with E-state index in [1.807, 2.05) is 11.8 Å². The number of carbonyl (C=O) groups excluding carboxylic acids is 2. The van der Waals surface area contributed by atoms with Crippen molar-refractivity contribution in [3.8, 4) is 11.5 Å². The number of methoxy groups -OCH3 is 2. The predicted molar refractivity (Wildman–Crippen MR) is 112 cm³/mol. The lowest BCUT2D eigenvalue weighted by Gasteiger charge is -2.34. The Balaban J connectivity index is 1.66. The van der Waals surface area contributed by atoms with E-state index in [0.717, 1.165) is 10.7 Å². The third kappa shape index (κ3) is 4.37. The highest BCUT2D eigenvalue weighted by molar-refractivity contribution is 7.13. The molecule has 2 heterocycles. The Bertz CT molecular complexity index is 901. The van der Waals surface area contributed by atoms with Crippen LogP contribution >= 0.6 is 11.3 Å². The molecule has 29 heavy (non-hydrogen) atoms. The Morgan fingerprint density at radius 3 is 2.10 bits per heavy atom. The van der Waals surface area contributed by atoms with Crippen molar-refractivity contribution in [2.24, 2.45) is 0 Å².